The Morgan fingerprint density at radius 3 is 2.58 bits per heavy atom. The van der Waals surface area contributed by atoms with Crippen LogP contribution in [0.25, 0.3) is 6.08 Å². The third kappa shape index (κ3) is 2.59. The molecule has 0 N–H and O–H groups in total. The standard InChI is InChI=1S/C11H11N/c1-10-5-7-11(8-6-10)4-2-3-9-12/h2,4-8H,3H2,1H3/b4-2+. The zero-order chi connectivity index (χ0) is 8.81. The molecule has 0 saturated carbocycles. The van der Waals surface area contributed by atoms with E-state index in [2.05, 4.69) is 25.1 Å². The maximum absolute atomic E-state index is 8.29. The summed E-state index contributed by atoms with van der Waals surface area (Å²) in [5.74, 6) is 0. The largest absolute Gasteiger partial charge is 0.198 e. The second kappa shape index (κ2) is 4.35. The molecule has 1 aromatic rings. The van der Waals surface area contributed by atoms with Crippen LogP contribution >= 0.6 is 0 Å². The number of nitriles is 1. The minimum atomic E-state index is 0.480. The Labute approximate surface area is 73.0 Å². The third-order valence-corrected chi connectivity index (χ3v) is 1.60. The molecule has 1 heteroatoms. The van der Waals surface area contributed by atoms with Gasteiger partial charge in [0.15, 0.2) is 0 Å². The first-order valence-electron chi connectivity index (χ1n) is 3.93. The Balaban J connectivity index is 2.66. The molecule has 0 aliphatic rings. The summed E-state index contributed by atoms with van der Waals surface area (Å²) in [7, 11) is 0. The van der Waals surface area contributed by atoms with E-state index in [-0.39, 0.29) is 0 Å². The molecule has 1 nitrogen and oxygen atoms in total. The Hall–Kier alpha value is -1.55. The summed E-state index contributed by atoms with van der Waals surface area (Å²) < 4.78 is 0. The lowest BCUT2D eigenvalue weighted by Crippen LogP contribution is -1.72. The van der Waals surface area contributed by atoms with E-state index >= 15 is 0 Å². The molecule has 0 aromatic heterocycles. The Morgan fingerprint density at radius 2 is 2.00 bits per heavy atom. The van der Waals surface area contributed by atoms with Crippen LogP contribution in [-0.2, 0) is 0 Å². The molecule has 12 heavy (non-hydrogen) atoms. The number of nitrogens with zero attached hydrogens (tertiary/aromatic N) is 1. The van der Waals surface area contributed by atoms with Crippen molar-refractivity contribution in [2.45, 2.75) is 13.3 Å². The number of benzene rings is 1. The van der Waals surface area contributed by atoms with Crippen LogP contribution in [0.4, 0.5) is 0 Å². The van der Waals surface area contributed by atoms with Gasteiger partial charge in [0.25, 0.3) is 0 Å². The molecule has 0 saturated heterocycles. The van der Waals surface area contributed by atoms with E-state index in [1.54, 1.807) is 0 Å². The summed E-state index contributed by atoms with van der Waals surface area (Å²) in [5, 5.41) is 8.29. The highest BCUT2D eigenvalue weighted by atomic mass is 14.2. The molecule has 0 radical (unpaired) electrons. The smallest absolute Gasteiger partial charge is 0.0663 e. The highest BCUT2D eigenvalue weighted by molar-refractivity contribution is 5.49. The van der Waals surface area contributed by atoms with Gasteiger partial charge in [-0.05, 0) is 12.5 Å². The molecule has 1 rings (SSSR count). The van der Waals surface area contributed by atoms with Crippen molar-refractivity contribution in [3.63, 3.8) is 0 Å². The molecule has 0 fully saturated rings. The van der Waals surface area contributed by atoms with Crippen molar-refractivity contribution in [3.05, 3.63) is 41.5 Å². The van der Waals surface area contributed by atoms with Crippen molar-refractivity contribution in [1.29, 1.82) is 5.26 Å². The van der Waals surface area contributed by atoms with Crippen LogP contribution in [0, 0.1) is 18.3 Å². The summed E-state index contributed by atoms with van der Waals surface area (Å²) in [6.45, 7) is 2.06. The molecule has 0 aliphatic heterocycles. The molecule has 0 atom stereocenters. The number of hydrogen-bond donors (Lipinski definition) is 0. The fourth-order valence-corrected chi connectivity index (χ4v) is 0.925. The van der Waals surface area contributed by atoms with Crippen molar-refractivity contribution in [2.24, 2.45) is 0 Å². The van der Waals surface area contributed by atoms with Gasteiger partial charge < -0.3 is 0 Å². The summed E-state index contributed by atoms with van der Waals surface area (Å²) in [5.41, 5.74) is 2.41. The van der Waals surface area contributed by atoms with E-state index < -0.39 is 0 Å². The first-order valence-corrected chi connectivity index (χ1v) is 3.93. The second-order valence-electron chi connectivity index (χ2n) is 2.68. The van der Waals surface area contributed by atoms with Gasteiger partial charge in [-0.3, -0.25) is 0 Å². The average Bonchev–Trinajstić information content (AvgIpc) is 2.09. The van der Waals surface area contributed by atoms with Crippen LogP contribution in [0.2, 0.25) is 0 Å². The van der Waals surface area contributed by atoms with Gasteiger partial charge in [0.05, 0.1) is 12.5 Å². The van der Waals surface area contributed by atoms with Crippen molar-refractivity contribution in [2.75, 3.05) is 0 Å². The molecular weight excluding hydrogens is 146 g/mol. The molecule has 0 spiro atoms. The van der Waals surface area contributed by atoms with Crippen LogP contribution in [-0.4, -0.2) is 0 Å². The van der Waals surface area contributed by atoms with Crippen molar-refractivity contribution in [1.82, 2.24) is 0 Å². The Bertz CT molecular complexity index is 301. The van der Waals surface area contributed by atoms with Crippen molar-refractivity contribution in [3.8, 4) is 6.07 Å². The molecule has 0 heterocycles. The zero-order valence-electron chi connectivity index (χ0n) is 7.12. The second-order valence-corrected chi connectivity index (χ2v) is 2.68. The van der Waals surface area contributed by atoms with Gasteiger partial charge in [-0.1, -0.05) is 42.0 Å². The van der Waals surface area contributed by atoms with Gasteiger partial charge in [0.1, 0.15) is 0 Å². The maximum Gasteiger partial charge on any atom is 0.0663 e. The van der Waals surface area contributed by atoms with Gasteiger partial charge in [-0.2, -0.15) is 5.26 Å². The van der Waals surface area contributed by atoms with Gasteiger partial charge in [-0.15, -0.1) is 0 Å². The number of rotatable bonds is 2. The average molecular weight is 157 g/mol. The summed E-state index contributed by atoms with van der Waals surface area (Å²) in [6, 6.07) is 10.3. The normalized spacial score (nSPS) is 10.0. The van der Waals surface area contributed by atoms with Crippen molar-refractivity contribution < 1.29 is 0 Å². The lowest BCUT2D eigenvalue weighted by atomic mass is 10.1. The highest BCUT2D eigenvalue weighted by Crippen LogP contribution is 2.04. The van der Waals surface area contributed by atoms with E-state index in [9.17, 15) is 0 Å². The van der Waals surface area contributed by atoms with Crippen LogP contribution in [0.1, 0.15) is 17.5 Å². The predicted octanol–water partition coefficient (Wildman–Crippen LogP) is 2.92. The lowest BCUT2D eigenvalue weighted by molar-refractivity contribution is 1.36. The van der Waals surface area contributed by atoms with Crippen molar-refractivity contribution >= 4 is 6.08 Å². The molecule has 1 aromatic carbocycles. The number of aryl methyl sites for hydroxylation is 1. The predicted molar refractivity (Wildman–Crippen MR) is 50.4 cm³/mol. The molecule has 0 unspecified atom stereocenters. The molecule has 0 aliphatic carbocycles. The number of hydrogen-bond acceptors (Lipinski definition) is 1. The topological polar surface area (TPSA) is 23.8 Å². The van der Waals surface area contributed by atoms with E-state index in [1.165, 1.54) is 5.56 Å². The fraction of sp³-hybridized carbons (Fsp3) is 0.182. The first-order chi connectivity index (χ1) is 5.83. The fourth-order valence-electron chi connectivity index (χ4n) is 0.925. The van der Waals surface area contributed by atoms with E-state index in [1.807, 2.05) is 24.3 Å². The van der Waals surface area contributed by atoms with Gasteiger partial charge in [0.2, 0.25) is 0 Å². The Morgan fingerprint density at radius 1 is 1.33 bits per heavy atom. The first kappa shape index (κ1) is 8.55. The zero-order valence-corrected chi connectivity index (χ0v) is 7.12. The third-order valence-electron chi connectivity index (χ3n) is 1.60. The summed E-state index contributed by atoms with van der Waals surface area (Å²) in [6.07, 6.45) is 4.31. The van der Waals surface area contributed by atoms with E-state index in [4.69, 9.17) is 5.26 Å². The lowest BCUT2D eigenvalue weighted by Gasteiger charge is -1.92. The van der Waals surface area contributed by atoms with E-state index in [0.717, 1.165) is 5.56 Å². The van der Waals surface area contributed by atoms with Gasteiger partial charge in [0, 0.05) is 0 Å². The minimum Gasteiger partial charge on any atom is -0.198 e. The SMILES string of the molecule is Cc1ccc(/C=C/CC#N)cc1. The summed E-state index contributed by atoms with van der Waals surface area (Å²) in [4.78, 5) is 0. The van der Waals surface area contributed by atoms with Crippen LogP contribution in [0.3, 0.4) is 0 Å². The highest BCUT2D eigenvalue weighted by Gasteiger charge is 1.84. The van der Waals surface area contributed by atoms with Crippen LogP contribution < -0.4 is 0 Å². The molecule has 0 bridgehead atoms. The molecule has 60 valence electrons. The molecule has 0 amide bonds. The minimum absolute atomic E-state index is 0.480. The molecular formula is C11H11N. The Kier molecular flexibility index (Phi) is 3.10. The van der Waals surface area contributed by atoms with Crippen LogP contribution in [0.5, 0.6) is 0 Å². The van der Waals surface area contributed by atoms with Gasteiger partial charge >= 0.3 is 0 Å². The number of allylic oxidation sites excluding steroid dienone is 1. The summed E-state index contributed by atoms with van der Waals surface area (Å²) >= 11 is 0. The van der Waals surface area contributed by atoms with E-state index in [0.29, 0.717) is 6.42 Å². The van der Waals surface area contributed by atoms with Gasteiger partial charge in [-0.25, -0.2) is 0 Å². The maximum atomic E-state index is 8.29. The monoisotopic (exact) mass is 157 g/mol. The quantitative estimate of drug-likeness (QED) is 0.647. The van der Waals surface area contributed by atoms with Crippen LogP contribution in [0.15, 0.2) is 30.3 Å².